The van der Waals surface area contributed by atoms with E-state index in [0.717, 1.165) is 28.3 Å². The second-order valence-electron chi connectivity index (χ2n) is 8.12. The van der Waals surface area contributed by atoms with Gasteiger partial charge in [0, 0.05) is 23.7 Å². The highest BCUT2D eigenvalue weighted by molar-refractivity contribution is 5.99. The Bertz CT molecular complexity index is 1300. The molecule has 0 unspecified atom stereocenters. The Morgan fingerprint density at radius 2 is 1.66 bits per heavy atom. The molecule has 0 aliphatic heterocycles. The predicted octanol–water partition coefficient (Wildman–Crippen LogP) is 4.96. The highest BCUT2D eigenvalue weighted by atomic mass is 16.5. The van der Waals surface area contributed by atoms with Crippen molar-refractivity contribution in [3.63, 3.8) is 0 Å². The second-order valence-corrected chi connectivity index (χ2v) is 8.12. The second kappa shape index (κ2) is 10.7. The predicted molar refractivity (Wildman–Crippen MR) is 137 cm³/mol. The van der Waals surface area contributed by atoms with E-state index in [9.17, 15) is 9.59 Å². The quantitative estimate of drug-likeness (QED) is 0.397. The number of carbonyl (C=O) groups is 2. The first-order valence-electron chi connectivity index (χ1n) is 11.4. The van der Waals surface area contributed by atoms with Crippen LogP contribution in [-0.2, 0) is 4.79 Å². The molecule has 0 atom stereocenters. The van der Waals surface area contributed by atoms with Gasteiger partial charge in [-0.2, -0.15) is 5.10 Å². The maximum atomic E-state index is 13.0. The van der Waals surface area contributed by atoms with Gasteiger partial charge < -0.3 is 15.0 Å². The molecular weight excluding hydrogens is 440 g/mol. The van der Waals surface area contributed by atoms with Gasteiger partial charge >= 0.3 is 0 Å². The van der Waals surface area contributed by atoms with E-state index in [1.807, 2.05) is 86.6 Å². The molecule has 0 spiro atoms. The summed E-state index contributed by atoms with van der Waals surface area (Å²) < 4.78 is 6.94. The van der Waals surface area contributed by atoms with Crippen LogP contribution < -0.4 is 10.1 Å². The summed E-state index contributed by atoms with van der Waals surface area (Å²) in [5, 5.41) is 7.67. The first kappa shape index (κ1) is 23.8. The monoisotopic (exact) mass is 468 g/mol. The molecule has 4 rings (SSSR count). The van der Waals surface area contributed by atoms with Crippen LogP contribution in [0.4, 0.5) is 5.82 Å². The standard InChI is InChI=1S/C28H28N4O3/c1-4-31(28(34)22-12-10-20(2)11-13-22)19-27(33)29-26-18-25(21-8-6-5-7-9-21)30-32(26)23-14-16-24(35-3)17-15-23/h5-18H,4,19H2,1-3H3,(H,29,33). The number of hydrogen-bond donors (Lipinski definition) is 1. The third-order valence-electron chi connectivity index (χ3n) is 5.67. The van der Waals surface area contributed by atoms with E-state index in [0.29, 0.717) is 17.9 Å². The normalized spacial score (nSPS) is 10.6. The molecule has 7 heteroatoms. The Morgan fingerprint density at radius 1 is 0.971 bits per heavy atom. The van der Waals surface area contributed by atoms with Gasteiger partial charge in [-0.15, -0.1) is 0 Å². The first-order valence-corrected chi connectivity index (χ1v) is 11.4. The van der Waals surface area contributed by atoms with Crippen LogP contribution in [0.3, 0.4) is 0 Å². The Labute approximate surface area is 205 Å². The molecule has 178 valence electrons. The molecule has 7 nitrogen and oxygen atoms in total. The molecule has 4 aromatic rings. The topological polar surface area (TPSA) is 76.5 Å². The van der Waals surface area contributed by atoms with E-state index in [1.165, 1.54) is 4.90 Å². The summed E-state index contributed by atoms with van der Waals surface area (Å²) >= 11 is 0. The molecule has 0 aliphatic rings. The summed E-state index contributed by atoms with van der Waals surface area (Å²) in [6, 6.07) is 26.3. The summed E-state index contributed by atoms with van der Waals surface area (Å²) in [6.07, 6.45) is 0. The summed E-state index contributed by atoms with van der Waals surface area (Å²) in [5.74, 6) is 0.749. The molecular formula is C28H28N4O3. The van der Waals surface area contributed by atoms with E-state index in [-0.39, 0.29) is 18.4 Å². The Balaban J connectivity index is 1.58. The smallest absolute Gasteiger partial charge is 0.254 e. The van der Waals surface area contributed by atoms with E-state index >= 15 is 0 Å². The molecule has 1 aromatic heterocycles. The fourth-order valence-electron chi connectivity index (χ4n) is 3.70. The van der Waals surface area contributed by atoms with E-state index in [2.05, 4.69) is 5.32 Å². The number of amides is 2. The van der Waals surface area contributed by atoms with Crippen LogP contribution in [0.5, 0.6) is 5.75 Å². The molecule has 0 bridgehead atoms. The van der Waals surface area contributed by atoms with Crippen molar-refractivity contribution in [2.75, 3.05) is 25.5 Å². The SMILES string of the molecule is CCN(CC(=O)Nc1cc(-c2ccccc2)nn1-c1ccc(OC)cc1)C(=O)c1ccc(C)cc1. The minimum absolute atomic E-state index is 0.0718. The van der Waals surface area contributed by atoms with Crippen molar-refractivity contribution < 1.29 is 14.3 Å². The van der Waals surface area contributed by atoms with Gasteiger partial charge in [0.1, 0.15) is 18.1 Å². The van der Waals surface area contributed by atoms with Crippen molar-refractivity contribution >= 4 is 17.6 Å². The van der Waals surface area contributed by atoms with Gasteiger partial charge in [0.25, 0.3) is 5.91 Å². The largest absolute Gasteiger partial charge is 0.497 e. The van der Waals surface area contributed by atoms with Crippen LogP contribution in [0, 0.1) is 6.92 Å². The number of aryl methyl sites for hydroxylation is 1. The van der Waals surface area contributed by atoms with Gasteiger partial charge in [-0.05, 0) is 50.2 Å². The Kier molecular flexibility index (Phi) is 7.26. The molecule has 0 saturated heterocycles. The lowest BCUT2D eigenvalue weighted by atomic mass is 10.1. The molecule has 0 fully saturated rings. The third-order valence-corrected chi connectivity index (χ3v) is 5.67. The molecule has 0 radical (unpaired) electrons. The van der Waals surface area contributed by atoms with Crippen LogP contribution in [0.2, 0.25) is 0 Å². The van der Waals surface area contributed by atoms with E-state index in [1.54, 1.807) is 23.9 Å². The Hall–Kier alpha value is -4.39. The molecule has 1 heterocycles. The number of methoxy groups -OCH3 is 1. The van der Waals surface area contributed by atoms with Crippen LogP contribution in [0.15, 0.2) is 84.9 Å². The zero-order valence-electron chi connectivity index (χ0n) is 20.1. The molecule has 0 aliphatic carbocycles. The minimum Gasteiger partial charge on any atom is -0.497 e. The first-order chi connectivity index (χ1) is 17.0. The van der Waals surface area contributed by atoms with Crippen LogP contribution in [0.1, 0.15) is 22.8 Å². The molecule has 2 amide bonds. The number of anilines is 1. The molecule has 1 N–H and O–H groups in total. The number of aromatic nitrogens is 2. The van der Waals surface area contributed by atoms with Crippen molar-refractivity contribution in [3.8, 4) is 22.7 Å². The highest BCUT2D eigenvalue weighted by Crippen LogP contribution is 2.26. The fourth-order valence-corrected chi connectivity index (χ4v) is 3.70. The van der Waals surface area contributed by atoms with Gasteiger partial charge in [0.15, 0.2) is 0 Å². The maximum absolute atomic E-state index is 13.0. The molecule has 3 aromatic carbocycles. The summed E-state index contributed by atoms with van der Waals surface area (Å²) in [4.78, 5) is 27.5. The summed E-state index contributed by atoms with van der Waals surface area (Å²) in [7, 11) is 1.61. The number of hydrogen-bond acceptors (Lipinski definition) is 4. The zero-order chi connectivity index (χ0) is 24.8. The summed E-state index contributed by atoms with van der Waals surface area (Å²) in [5.41, 5.74) is 4.05. The van der Waals surface area contributed by atoms with Crippen LogP contribution in [0.25, 0.3) is 16.9 Å². The number of rotatable bonds is 8. The lowest BCUT2D eigenvalue weighted by Crippen LogP contribution is -2.38. The minimum atomic E-state index is -0.304. The van der Waals surface area contributed by atoms with Gasteiger partial charge in [0.05, 0.1) is 18.5 Å². The average molecular weight is 469 g/mol. The van der Waals surface area contributed by atoms with Crippen molar-refractivity contribution in [1.29, 1.82) is 0 Å². The van der Waals surface area contributed by atoms with Gasteiger partial charge in [-0.25, -0.2) is 4.68 Å². The average Bonchev–Trinajstić information content (AvgIpc) is 3.31. The van der Waals surface area contributed by atoms with Crippen molar-refractivity contribution in [1.82, 2.24) is 14.7 Å². The van der Waals surface area contributed by atoms with E-state index in [4.69, 9.17) is 9.84 Å². The summed E-state index contributed by atoms with van der Waals surface area (Å²) in [6.45, 7) is 4.16. The third kappa shape index (κ3) is 5.58. The van der Waals surface area contributed by atoms with Gasteiger partial charge in [-0.1, -0.05) is 48.0 Å². The molecule has 35 heavy (non-hydrogen) atoms. The maximum Gasteiger partial charge on any atom is 0.254 e. The lowest BCUT2D eigenvalue weighted by Gasteiger charge is -2.20. The zero-order valence-corrected chi connectivity index (χ0v) is 20.1. The fraction of sp³-hybridized carbons (Fsp3) is 0.179. The number of benzene rings is 3. The van der Waals surface area contributed by atoms with Crippen LogP contribution >= 0.6 is 0 Å². The van der Waals surface area contributed by atoms with E-state index < -0.39 is 0 Å². The highest BCUT2D eigenvalue weighted by Gasteiger charge is 2.19. The number of nitrogens with zero attached hydrogens (tertiary/aromatic N) is 3. The van der Waals surface area contributed by atoms with Crippen molar-refractivity contribution in [2.45, 2.75) is 13.8 Å². The number of nitrogens with one attached hydrogen (secondary N) is 1. The van der Waals surface area contributed by atoms with Gasteiger partial charge in [-0.3, -0.25) is 9.59 Å². The van der Waals surface area contributed by atoms with Crippen LogP contribution in [-0.4, -0.2) is 46.7 Å². The number of carbonyl (C=O) groups excluding carboxylic acids is 2. The Morgan fingerprint density at radius 3 is 2.29 bits per heavy atom. The van der Waals surface area contributed by atoms with Gasteiger partial charge in [0.2, 0.25) is 5.91 Å². The number of likely N-dealkylation sites (N-methyl/N-ethyl adjacent to an activating group) is 1. The van der Waals surface area contributed by atoms with Crippen molar-refractivity contribution in [3.05, 3.63) is 96.1 Å². The van der Waals surface area contributed by atoms with Crippen molar-refractivity contribution in [2.24, 2.45) is 0 Å². The lowest BCUT2D eigenvalue weighted by molar-refractivity contribution is -0.116. The number of ether oxygens (including phenoxy) is 1. The molecule has 0 saturated carbocycles.